The molecular formula is C67H112N8O10S8. The molecule has 0 saturated heterocycles. The van der Waals surface area contributed by atoms with Gasteiger partial charge in [-0.1, -0.05) is 225 Å². The third-order valence-electron chi connectivity index (χ3n) is 10.0. The highest BCUT2D eigenvalue weighted by molar-refractivity contribution is 8.77. The van der Waals surface area contributed by atoms with Gasteiger partial charge in [-0.3, -0.25) is 14.4 Å². The normalized spacial score (nSPS) is 10.8. The summed E-state index contributed by atoms with van der Waals surface area (Å²) in [6.07, 6.45) is 32.9. The highest BCUT2D eigenvalue weighted by atomic mass is 33.1. The molecule has 0 radical (unpaired) electrons. The topological polar surface area (TPSA) is 328 Å². The van der Waals surface area contributed by atoms with E-state index in [2.05, 4.69) is 101 Å². The Balaban J connectivity index is -0.000000399. The Morgan fingerprint density at radius 2 is 0.720 bits per heavy atom. The molecule has 18 nitrogen and oxygen atoms in total. The van der Waals surface area contributed by atoms with E-state index in [0.29, 0.717) is 51.3 Å². The minimum Gasteiger partial charge on any atom is -0.507 e. The number of ether oxygens (including phenoxy) is 1. The summed E-state index contributed by atoms with van der Waals surface area (Å²) in [5, 5.41) is 47.6. The van der Waals surface area contributed by atoms with Gasteiger partial charge in [0.05, 0.1) is 11.1 Å². The Morgan fingerprint density at radius 3 is 1.02 bits per heavy atom. The van der Waals surface area contributed by atoms with Gasteiger partial charge in [-0.25, -0.2) is 9.59 Å². The summed E-state index contributed by atoms with van der Waals surface area (Å²) in [5.41, 5.74) is 21.3. The highest BCUT2D eigenvalue weighted by Gasteiger charge is 2.15. The average molecular weight is 1450 g/mol. The van der Waals surface area contributed by atoms with E-state index in [1.54, 1.807) is 135 Å². The van der Waals surface area contributed by atoms with Gasteiger partial charge in [0.15, 0.2) is 0 Å². The quantitative estimate of drug-likeness (QED) is 0.0143. The first-order valence-electron chi connectivity index (χ1n) is 29.5. The minimum absolute atomic E-state index is 0. The van der Waals surface area contributed by atoms with Crippen molar-refractivity contribution in [2.24, 2.45) is 22.9 Å². The Bertz CT molecular complexity index is 2500. The Hall–Kier alpha value is -4.71. The van der Waals surface area contributed by atoms with Crippen LogP contribution in [0.15, 0.2) is 146 Å². The number of alkyl carbamates (subject to hydrolysis) is 1. The number of amides is 4. The smallest absolute Gasteiger partial charge is 0.407 e. The van der Waals surface area contributed by atoms with Crippen LogP contribution in [0, 0.1) is 0 Å². The van der Waals surface area contributed by atoms with Gasteiger partial charge >= 0.3 is 12.1 Å². The number of hydrogen-bond acceptors (Lipinski definition) is 21. The van der Waals surface area contributed by atoms with E-state index in [0.717, 1.165) is 104 Å². The van der Waals surface area contributed by atoms with Gasteiger partial charge in [-0.2, -0.15) is 0 Å². The molecule has 0 spiro atoms. The van der Waals surface area contributed by atoms with Gasteiger partial charge < -0.3 is 69.4 Å². The van der Waals surface area contributed by atoms with Crippen molar-refractivity contribution in [2.75, 3.05) is 98.4 Å². The summed E-state index contributed by atoms with van der Waals surface area (Å²) < 4.78 is 5.08. The number of phenols is 3. The molecule has 528 valence electrons. The van der Waals surface area contributed by atoms with Crippen LogP contribution in [0.2, 0.25) is 0 Å². The summed E-state index contributed by atoms with van der Waals surface area (Å²) in [7, 11) is 13.7. The lowest BCUT2D eigenvalue weighted by Crippen LogP contribution is -2.33. The van der Waals surface area contributed by atoms with E-state index in [1.807, 2.05) is 20.8 Å². The van der Waals surface area contributed by atoms with E-state index in [-0.39, 0.29) is 74.5 Å². The van der Waals surface area contributed by atoms with E-state index in [9.17, 15) is 34.2 Å². The number of nitrogens with one attached hydrogen (secondary N) is 4. The van der Waals surface area contributed by atoms with Crippen LogP contribution in [0.1, 0.15) is 132 Å². The number of phenolic OH excluding ortho intramolecular Hbond substituents is 2. The van der Waals surface area contributed by atoms with Crippen molar-refractivity contribution >= 4 is 116 Å². The maximum atomic E-state index is 12.0. The maximum Gasteiger partial charge on any atom is 0.407 e. The minimum atomic E-state index is -1.11. The molecule has 16 N–H and O–H groups in total. The molecule has 0 aromatic heterocycles. The van der Waals surface area contributed by atoms with Crippen molar-refractivity contribution in [2.45, 2.75) is 107 Å². The molecule has 0 atom stereocenters. The first kappa shape index (κ1) is 97.0. The van der Waals surface area contributed by atoms with E-state index in [4.69, 9.17) is 37.9 Å². The first-order chi connectivity index (χ1) is 43.5. The zero-order chi connectivity index (χ0) is 67.0. The number of aromatic carboxylic acids is 1. The van der Waals surface area contributed by atoms with Crippen molar-refractivity contribution in [3.63, 3.8) is 0 Å². The molecule has 0 bridgehead atoms. The number of carbonyl (C=O) groups excluding carboxylic acids is 4. The van der Waals surface area contributed by atoms with Crippen LogP contribution in [-0.2, 0) is 9.53 Å². The Morgan fingerprint density at radius 1 is 0.430 bits per heavy atom. The van der Waals surface area contributed by atoms with Gasteiger partial charge in [-0.15, -0.1) is 0 Å². The molecular weight excluding hydrogens is 1330 g/mol. The number of aromatic hydroxyl groups is 3. The molecule has 0 saturated carbocycles. The monoisotopic (exact) mass is 1440 g/mol. The van der Waals surface area contributed by atoms with Gasteiger partial charge in [0.2, 0.25) is 5.91 Å². The Labute approximate surface area is 590 Å². The number of hydrogen-bond donors (Lipinski definition) is 12. The summed E-state index contributed by atoms with van der Waals surface area (Å²) in [5.74, 6) is 5.40. The van der Waals surface area contributed by atoms with Gasteiger partial charge in [0.25, 0.3) is 11.8 Å². The molecule has 0 unspecified atom stereocenters. The van der Waals surface area contributed by atoms with Gasteiger partial charge in [0.1, 0.15) is 28.4 Å². The third kappa shape index (κ3) is 65.7. The van der Waals surface area contributed by atoms with Crippen LogP contribution in [0.3, 0.4) is 0 Å². The second-order valence-corrected chi connectivity index (χ2v) is 29.6. The zero-order valence-electron chi connectivity index (χ0n) is 52.6. The maximum absolute atomic E-state index is 12.0. The fourth-order valence-electron chi connectivity index (χ4n) is 5.94. The van der Waals surface area contributed by atoms with Crippen LogP contribution >= 0.6 is 86.4 Å². The van der Waals surface area contributed by atoms with Crippen molar-refractivity contribution in [1.29, 1.82) is 0 Å². The highest BCUT2D eigenvalue weighted by Crippen LogP contribution is 2.22. The lowest BCUT2D eigenvalue weighted by molar-refractivity contribution is -0.120. The molecule has 0 fully saturated rings. The second kappa shape index (κ2) is 71.6. The number of allylic oxidation sites excluding steroid dienone is 12. The standard InChI is InChI=1S/C33H46N2O3S2.C11H16N2O2S2.C9H20N2O2S2.C7H6O3.C4H12N2S2.3CH4/c1-2-3-4-5-6-7-8-9-10-11-12-13-14-15-16-17-18-19-20-25-32(37)34-26-28-39-40-29-27-35-33(38)30-23-21-22-24-31(30)36;12-5-7-16-17-8-6-13-11(15)9-3-1-2-4-10(9)14;1-9(2,3)13-8(12)11-5-7-15-14-6-4-10;8-6-4-2-1-3-5(6)7(9)10;5-1-3-7-8-4-2-6;;;/h3-4,6-7,9-10,12-13,15-16,18-19,21-24,36H,2,5,8,11,14,17,20,25-29H2,1H3,(H,34,37)(H,35,38);1-4,14H,5-8,12H2,(H,13,15);4-7,10H2,1-3H3,(H,11,12);1-4,8H,(H,9,10);1-6H2;3*1H4/b4-3-,7-6-,10-9-,13-12-,16-15-,19-18-;;;;;;;. The van der Waals surface area contributed by atoms with E-state index < -0.39 is 11.6 Å². The molecule has 26 heteroatoms. The van der Waals surface area contributed by atoms with Crippen molar-refractivity contribution in [3.8, 4) is 17.2 Å². The number of rotatable bonds is 41. The lowest BCUT2D eigenvalue weighted by atomic mass is 10.2. The molecule has 4 amide bonds. The summed E-state index contributed by atoms with van der Waals surface area (Å²) in [6.45, 7) is 12.9. The molecule has 3 aromatic rings. The van der Waals surface area contributed by atoms with Crippen LogP contribution in [0.5, 0.6) is 17.2 Å². The zero-order valence-corrected chi connectivity index (χ0v) is 59.2. The van der Waals surface area contributed by atoms with Gasteiger partial charge in [0, 0.05) is 105 Å². The predicted octanol–water partition coefficient (Wildman–Crippen LogP) is 14.7. The van der Waals surface area contributed by atoms with Crippen molar-refractivity contribution in [1.82, 2.24) is 21.3 Å². The first-order valence-corrected chi connectivity index (χ1v) is 39.5. The number of nitrogens with two attached hydrogens (primary N) is 4. The molecule has 3 rings (SSSR count). The SMILES string of the molecule is C.C.C.CC(C)(C)OC(=O)NCCSSCCN.CC/C=C\C/C=C\C/C=C\C/C=C\C/C=C\C/C=C\CCC(=O)NCCSSCCNC(=O)c1ccccc1O.NCCSSCCN.NCCSSCCNC(=O)c1ccccc1O.O=C(O)c1ccccc1O. The van der Waals surface area contributed by atoms with E-state index >= 15 is 0 Å². The second-order valence-electron chi connectivity index (χ2n) is 18.8. The lowest BCUT2D eigenvalue weighted by Gasteiger charge is -2.19. The van der Waals surface area contributed by atoms with Crippen LogP contribution < -0.4 is 44.2 Å². The number of benzene rings is 3. The summed E-state index contributed by atoms with van der Waals surface area (Å²) in [4.78, 5) is 57.0. The number of para-hydroxylation sites is 3. The average Bonchev–Trinajstić information content (AvgIpc) is 3.29. The van der Waals surface area contributed by atoms with Crippen LogP contribution in [0.4, 0.5) is 4.79 Å². The number of carboxylic acid groups (broad SMARTS) is 1. The van der Waals surface area contributed by atoms with Crippen molar-refractivity contribution in [3.05, 3.63) is 162 Å². The number of carboxylic acids is 1. The molecule has 0 aliphatic heterocycles. The number of carbonyl (C=O) groups is 5. The fourth-order valence-corrected chi connectivity index (χ4v) is 13.0. The van der Waals surface area contributed by atoms with Crippen LogP contribution in [0.25, 0.3) is 0 Å². The predicted molar refractivity (Wildman–Crippen MR) is 417 cm³/mol. The fraction of sp³-hybridized carbons (Fsp3) is 0.478. The summed E-state index contributed by atoms with van der Waals surface area (Å²) >= 11 is 0. The molecule has 0 aliphatic rings. The molecule has 93 heavy (non-hydrogen) atoms. The van der Waals surface area contributed by atoms with Crippen LogP contribution in [-0.4, -0.2) is 154 Å². The van der Waals surface area contributed by atoms with Gasteiger partial charge in [-0.05, 0) is 102 Å². The molecule has 0 aliphatic carbocycles. The summed E-state index contributed by atoms with van der Waals surface area (Å²) in [6, 6.07) is 18.8. The molecule has 3 aromatic carbocycles. The Kier molecular flexibility index (Phi) is 74.6. The largest absolute Gasteiger partial charge is 0.507 e. The third-order valence-corrected chi connectivity index (χ3v) is 19.8. The van der Waals surface area contributed by atoms with E-state index in [1.165, 1.54) is 24.3 Å². The molecule has 0 heterocycles. The van der Waals surface area contributed by atoms with Crippen molar-refractivity contribution < 1.29 is 49.1 Å².